The number of thioether (sulfide) groups is 1. The Labute approximate surface area is 211 Å². The van der Waals surface area contributed by atoms with Gasteiger partial charge < -0.3 is 30.0 Å². The second-order valence-electron chi connectivity index (χ2n) is 8.84. The van der Waals surface area contributed by atoms with Crippen LogP contribution in [-0.2, 0) is 4.79 Å². The molecule has 5 rings (SSSR count). The molecule has 0 aliphatic carbocycles. The van der Waals surface area contributed by atoms with Gasteiger partial charge in [0.2, 0.25) is 0 Å². The average molecular weight is 510 g/mol. The Hall–Kier alpha value is -3.54. The highest BCUT2D eigenvalue weighted by atomic mass is 32.2. The van der Waals surface area contributed by atoms with E-state index in [2.05, 4.69) is 25.5 Å². The second kappa shape index (κ2) is 10.6. The van der Waals surface area contributed by atoms with Crippen molar-refractivity contribution in [1.82, 2.24) is 20.6 Å². The maximum atomic E-state index is 11.7. The van der Waals surface area contributed by atoms with Crippen molar-refractivity contribution in [3.05, 3.63) is 63.4 Å². The number of amides is 2. The van der Waals surface area contributed by atoms with Crippen LogP contribution in [0.25, 0.3) is 17.1 Å². The molecule has 188 valence electrons. The number of benzene rings is 2. The summed E-state index contributed by atoms with van der Waals surface area (Å²) in [4.78, 5) is 42.6. The van der Waals surface area contributed by atoms with Crippen LogP contribution in [0.3, 0.4) is 0 Å². The van der Waals surface area contributed by atoms with Gasteiger partial charge in [0.25, 0.3) is 11.1 Å². The van der Waals surface area contributed by atoms with E-state index in [9.17, 15) is 19.5 Å². The molecule has 2 aliphatic heterocycles. The molecule has 1 atom stereocenters. The summed E-state index contributed by atoms with van der Waals surface area (Å²) in [7, 11) is 0. The lowest BCUT2D eigenvalue weighted by Gasteiger charge is -2.34. The summed E-state index contributed by atoms with van der Waals surface area (Å²) in [5.41, 5.74) is 2.95. The van der Waals surface area contributed by atoms with Crippen molar-refractivity contribution in [2.45, 2.75) is 25.0 Å². The number of fused-ring (bicyclic) bond motifs is 1. The predicted molar refractivity (Wildman–Crippen MR) is 139 cm³/mol. The van der Waals surface area contributed by atoms with E-state index >= 15 is 0 Å². The van der Waals surface area contributed by atoms with Crippen LogP contribution in [-0.4, -0.2) is 64.6 Å². The number of aliphatic hydroxyl groups excluding tert-OH is 1. The molecule has 2 saturated heterocycles. The van der Waals surface area contributed by atoms with E-state index in [0.717, 1.165) is 48.9 Å². The van der Waals surface area contributed by atoms with Gasteiger partial charge in [0.1, 0.15) is 24.0 Å². The molecule has 0 saturated carbocycles. The number of nitrogens with one attached hydrogen (secondary N) is 4. The molecule has 1 aromatic heterocycles. The Morgan fingerprint density at radius 2 is 1.89 bits per heavy atom. The Kier molecular flexibility index (Phi) is 7.12. The number of imidazole rings is 1. The minimum absolute atomic E-state index is 0.120. The average Bonchev–Trinajstić information content (AvgIpc) is 3.42. The molecule has 0 bridgehead atoms. The number of aromatic nitrogens is 2. The lowest BCUT2D eigenvalue weighted by molar-refractivity contribution is -0.115. The molecular weight excluding hydrogens is 482 g/mol. The van der Waals surface area contributed by atoms with Gasteiger partial charge in [0.05, 0.1) is 10.4 Å². The number of hydrogen-bond acceptors (Lipinski definition) is 8. The number of anilines is 1. The fourth-order valence-electron chi connectivity index (χ4n) is 4.39. The molecular formula is C25H27N5O5S. The largest absolute Gasteiger partial charge is 0.489 e. The molecule has 11 heteroatoms. The van der Waals surface area contributed by atoms with E-state index in [1.54, 1.807) is 24.3 Å². The summed E-state index contributed by atoms with van der Waals surface area (Å²) in [5.74, 6) is 0.175. The van der Waals surface area contributed by atoms with Crippen molar-refractivity contribution in [1.29, 1.82) is 0 Å². The molecule has 3 aromatic rings. The Morgan fingerprint density at radius 3 is 2.61 bits per heavy atom. The number of rotatable bonds is 8. The third-order valence-corrected chi connectivity index (χ3v) is 7.09. The normalized spacial score (nSPS) is 18.7. The van der Waals surface area contributed by atoms with Crippen molar-refractivity contribution in [3.63, 3.8) is 0 Å². The number of carbonyl (C=O) groups excluding carboxylic acids is 2. The van der Waals surface area contributed by atoms with Crippen LogP contribution in [0, 0.1) is 0 Å². The van der Waals surface area contributed by atoms with Crippen LogP contribution in [0.1, 0.15) is 18.4 Å². The lowest BCUT2D eigenvalue weighted by Crippen LogP contribution is -2.45. The van der Waals surface area contributed by atoms with E-state index in [1.807, 2.05) is 24.3 Å². The first-order valence-electron chi connectivity index (χ1n) is 11.8. The Morgan fingerprint density at radius 1 is 1.11 bits per heavy atom. The zero-order valence-corrected chi connectivity index (χ0v) is 20.3. The van der Waals surface area contributed by atoms with Gasteiger partial charge in [-0.2, -0.15) is 0 Å². The highest BCUT2D eigenvalue weighted by Crippen LogP contribution is 2.27. The van der Waals surface area contributed by atoms with Gasteiger partial charge in [-0.15, -0.1) is 0 Å². The molecule has 0 radical (unpaired) electrons. The SMILES string of the molecule is O=C1NC(=O)/C(=C/c2ccc(N3CCC(NC[C@H](O)COc4cccc5[nH]c(=O)[nH]c45)CC3)cc2)S1. The van der Waals surface area contributed by atoms with Crippen molar-refractivity contribution >= 4 is 45.7 Å². The monoisotopic (exact) mass is 509 g/mol. The summed E-state index contributed by atoms with van der Waals surface area (Å²) in [6.45, 7) is 2.32. The molecule has 2 amide bonds. The van der Waals surface area contributed by atoms with E-state index in [-0.39, 0.29) is 23.4 Å². The van der Waals surface area contributed by atoms with Gasteiger partial charge in [-0.3, -0.25) is 14.9 Å². The van der Waals surface area contributed by atoms with Gasteiger partial charge in [-0.1, -0.05) is 18.2 Å². The van der Waals surface area contributed by atoms with E-state index in [0.29, 0.717) is 34.3 Å². The number of H-pyrrole nitrogens is 2. The molecule has 2 aromatic carbocycles. The Balaban J connectivity index is 1.06. The van der Waals surface area contributed by atoms with E-state index < -0.39 is 6.10 Å². The molecule has 0 spiro atoms. The minimum atomic E-state index is -0.680. The van der Waals surface area contributed by atoms with Crippen LogP contribution in [0.4, 0.5) is 10.5 Å². The number of piperidine rings is 1. The molecule has 2 aliphatic rings. The topological polar surface area (TPSA) is 140 Å². The number of para-hydroxylation sites is 1. The molecule has 0 unspecified atom stereocenters. The molecule has 2 fully saturated rings. The maximum absolute atomic E-state index is 11.7. The predicted octanol–water partition coefficient (Wildman–Crippen LogP) is 2.18. The van der Waals surface area contributed by atoms with Crippen LogP contribution in [0.5, 0.6) is 5.75 Å². The maximum Gasteiger partial charge on any atom is 0.323 e. The van der Waals surface area contributed by atoms with E-state index in [1.165, 1.54) is 0 Å². The first kappa shape index (κ1) is 24.2. The van der Waals surface area contributed by atoms with Crippen molar-refractivity contribution < 1.29 is 19.4 Å². The number of ether oxygens (including phenoxy) is 1. The lowest BCUT2D eigenvalue weighted by atomic mass is 10.0. The minimum Gasteiger partial charge on any atom is -0.489 e. The molecule has 3 heterocycles. The zero-order valence-electron chi connectivity index (χ0n) is 19.5. The number of hydrogen-bond donors (Lipinski definition) is 5. The fraction of sp³-hybridized carbons (Fsp3) is 0.320. The number of nitrogens with zero attached hydrogens (tertiary/aromatic N) is 1. The van der Waals surface area contributed by atoms with Gasteiger partial charge >= 0.3 is 5.69 Å². The molecule has 10 nitrogen and oxygen atoms in total. The highest BCUT2D eigenvalue weighted by molar-refractivity contribution is 8.18. The molecule has 36 heavy (non-hydrogen) atoms. The third-order valence-electron chi connectivity index (χ3n) is 6.28. The van der Waals surface area contributed by atoms with Crippen LogP contribution in [0.15, 0.2) is 52.2 Å². The summed E-state index contributed by atoms with van der Waals surface area (Å²) >= 11 is 0.915. The van der Waals surface area contributed by atoms with Gasteiger partial charge in [0, 0.05) is 31.4 Å². The highest BCUT2D eigenvalue weighted by Gasteiger charge is 2.25. The summed E-state index contributed by atoms with van der Waals surface area (Å²) < 4.78 is 5.74. The zero-order chi connectivity index (χ0) is 25.1. The van der Waals surface area contributed by atoms with Crippen molar-refractivity contribution in [2.24, 2.45) is 0 Å². The Bertz CT molecular complexity index is 1340. The second-order valence-corrected chi connectivity index (χ2v) is 9.85. The van der Waals surface area contributed by atoms with Crippen LogP contribution >= 0.6 is 11.8 Å². The number of aromatic amines is 2. The number of aliphatic hydroxyl groups is 1. The van der Waals surface area contributed by atoms with Gasteiger partial charge in [0.15, 0.2) is 0 Å². The number of imide groups is 1. The summed E-state index contributed by atoms with van der Waals surface area (Å²) in [6.07, 6.45) is 2.93. The van der Waals surface area contributed by atoms with Crippen molar-refractivity contribution in [3.8, 4) is 5.75 Å². The van der Waals surface area contributed by atoms with Crippen LogP contribution in [0.2, 0.25) is 0 Å². The first-order chi connectivity index (χ1) is 17.4. The fourth-order valence-corrected chi connectivity index (χ4v) is 5.08. The third kappa shape index (κ3) is 5.64. The van der Waals surface area contributed by atoms with Crippen LogP contribution < -0.4 is 26.0 Å². The molecule has 5 N–H and O–H groups in total. The number of carbonyl (C=O) groups is 2. The smallest absolute Gasteiger partial charge is 0.323 e. The standard InChI is InChI=1S/C25H27N5O5S/c31-18(14-35-20-3-1-2-19-22(20)28-24(33)27-19)13-26-16-8-10-30(11-9-16)17-6-4-15(5-7-17)12-21-23(32)29-25(34)36-21/h1-7,12,16,18,26,31H,8-11,13-14H2,(H2,27,28,33)(H,29,32,34)/b21-12-/t18-/m0/s1. The quantitative estimate of drug-likeness (QED) is 0.291. The van der Waals surface area contributed by atoms with Gasteiger partial charge in [-0.05, 0) is 60.5 Å². The van der Waals surface area contributed by atoms with Crippen molar-refractivity contribution in [2.75, 3.05) is 31.1 Å². The summed E-state index contributed by atoms with van der Waals surface area (Å²) in [5, 5.41) is 15.7. The van der Waals surface area contributed by atoms with Gasteiger partial charge in [-0.25, -0.2) is 4.79 Å². The van der Waals surface area contributed by atoms with E-state index in [4.69, 9.17) is 4.74 Å². The first-order valence-corrected chi connectivity index (χ1v) is 12.6. The summed E-state index contributed by atoms with van der Waals surface area (Å²) in [6, 6.07) is 13.6.